The monoisotopic (exact) mass is 517 g/mol. The maximum atomic E-state index is 10.8. The molecule has 1 fully saturated rings. The lowest BCUT2D eigenvalue weighted by Gasteiger charge is -2.25. The van der Waals surface area contributed by atoms with Crippen LogP contribution in [0, 0.1) is 12.8 Å². The summed E-state index contributed by atoms with van der Waals surface area (Å²) in [6.07, 6.45) is 1.81. The van der Waals surface area contributed by atoms with Crippen LogP contribution in [0.5, 0.6) is 17.4 Å². The van der Waals surface area contributed by atoms with Gasteiger partial charge in [0.1, 0.15) is 24.2 Å². The summed E-state index contributed by atoms with van der Waals surface area (Å²) in [7, 11) is 0. The fraction of sp³-hybridized carbons (Fsp3) is 0.300. The van der Waals surface area contributed by atoms with Crippen molar-refractivity contribution in [2.75, 3.05) is 19.7 Å². The summed E-state index contributed by atoms with van der Waals surface area (Å²) in [5.41, 5.74) is 2.76. The highest BCUT2D eigenvalue weighted by molar-refractivity contribution is 6.32. The van der Waals surface area contributed by atoms with Crippen molar-refractivity contribution in [3.63, 3.8) is 0 Å². The highest BCUT2D eigenvalue weighted by atomic mass is 35.5. The van der Waals surface area contributed by atoms with Crippen LogP contribution in [0.1, 0.15) is 24.1 Å². The molecule has 0 aliphatic heterocycles. The molecule has 6 nitrogen and oxygen atoms in total. The zero-order chi connectivity index (χ0) is 25.6. The Kier molecular flexibility index (Phi) is 8.09. The van der Waals surface area contributed by atoms with E-state index in [-0.39, 0.29) is 6.61 Å². The number of aryl methyl sites for hydroxylation is 1. The Bertz CT molecular complexity index is 1290. The highest BCUT2D eigenvalue weighted by Gasteiger charge is 2.28. The van der Waals surface area contributed by atoms with Gasteiger partial charge >= 0.3 is 0 Å². The van der Waals surface area contributed by atoms with Crippen LogP contribution in [0.15, 0.2) is 84.9 Å². The van der Waals surface area contributed by atoms with Gasteiger partial charge in [-0.25, -0.2) is 4.68 Å². The fourth-order valence-electron chi connectivity index (χ4n) is 4.35. The van der Waals surface area contributed by atoms with Crippen LogP contribution in [-0.2, 0) is 6.54 Å². The standard InChI is InChI=1S/C30H32ClN3O3/c1-22-27(20-33(18-23-16-17-23)19-25(35)21-36-26-12-6-3-7-13-26)30(37-29-15-9-8-14-28(29)31)34(32-22)24-10-4-2-5-11-24/h2-15,23,25,35H,16-21H2,1H3. The van der Waals surface area contributed by atoms with E-state index in [4.69, 9.17) is 26.2 Å². The zero-order valence-electron chi connectivity index (χ0n) is 21.0. The molecular weight excluding hydrogens is 486 g/mol. The maximum absolute atomic E-state index is 10.8. The quantitative estimate of drug-likeness (QED) is 0.240. The number of hydrogen-bond acceptors (Lipinski definition) is 5. The number of hydrogen-bond donors (Lipinski definition) is 1. The lowest BCUT2D eigenvalue weighted by atomic mass is 10.2. The molecule has 1 aliphatic rings. The Hall–Kier alpha value is -3.32. The first-order valence-electron chi connectivity index (χ1n) is 12.7. The molecule has 4 aromatic rings. The Labute approximate surface area is 223 Å². The van der Waals surface area contributed by atoms with Gasteiger partial charge in [0.25, 0.3) is 0 Å². The normalized spacial score (nSPS) is 14.1. The number of halogens is 1. The predicted octanol–water partition coefficient (Wildman–Crippen LogP) is 6.28. The average Bonchev–Trinajstić information content (AvgIpc) is 3.69. The van der Waals surface area contributed by atoms with Crippen molar-refractivity contribution in [1.29, 1.82) is 0 Å². The second-order valence-electron chi connectivity index (χ2n) is 9.56. The van der Waals surface area contributed by atoms with E-state index in [1.165, 1.54) is 12.8 Å². The molecule has 1 aliphatic carbocycles. The number of aliphatic hydroxyl groups is 1. The number of nitrogens with zero attached hydrogens (tertiary/aromatic N) is 3. The minimum atomic E-state index is -0.628. The van der Waals surface area contributed by atoms with Gasteiger partial charge in [-0.3, -0.25) is 4.90 Å². The lowest BCUT2D eigenvalue weighted by molar-refractivity contribution is 0.0636. The molecule has 0 spiro atoms. The third-order valence-electron chi connectivity index (χ3n) is 6.43. The van der Waals surface area contributed by atoms with E-state index in [1.807, 2.05) is 96.5 Å². The molecule has 1 saturated carbocycles. The molecule has 1 atom stereocenters. The van der Waals surface area contributed by atoms with Crippen molar-refractivity contribution in [2.45, 2.75) is 32.4 Å². The van der Waals surface area contributed by atoms with E-state index in [1.54, 1.807) is 0 Å². The molecular formula is C30H32ClN3O3. The van der Waals surface area contributed by atoms with E-state index in [0.29, 0.717) is 35.7 Å². The van der Waals surface area contributed by atoms with Gasteiger partial charge in [-0.2, -0.15) is 5.10 Å². The van der Waals surface area contributed by atoms with E-state index < -0.39 is 6.10 Å². The zero-order valence-corrected chi connectivity index (χ0v) is 21.7. The molecule has 1 aromatic heterocycles. The second-order valence-corrected chi connectivity index (χ2v) is 9.97. The summed E-state index contributed by atoms with van der Waals surface area (Å²) in [6, 6.07) is 27.0. The molecule has 0 amide bonds. The van der Waals surface area contributed by atoms with Gasteiger partial charge in [-0.15, -0.1) is 0 Å². The van der Waals surface area contributed by atoms with Crippen molar-refractivity contribution in [3.8, 4) is 23.1 Å². The molecule has 1 N–H and O–H groups in total. The summed E-state index contributed by atoms with van der Waals surface area (Å²) in [4.78, 5) is 2.29. The Morgan fingerprint density at radius 2 is 1.68 bits per heavy atom. The molecule has 1 unspecified atom stereocenters. The van der Waals surface area contributed by atoms with E-state index in [9.17, 15) is 5.11 Å². The number of aromatic nitrogens is 2. The molecule has 37 heavy (non-hydrogen) atoms. The molecule has 0 radical (unpaired) electrons. The van der Waals surface area contributed by atoms with Crippen LogP contribution in [-0.4, -0.2) is 45.6 Å². The first-order chi connectivity index (χ1) is 18.1. The van der Waals surface area contributed by atoms with Crippen molar-refractivity contribution < 1.29 is 14.6 Å². The number of aliphatic hydroxyl groups excluding tert-OH is 1. The molecule has 192 valence electrons. The molecule has 7 heteroatoms. The molecule has 1 heterocycles. The van der Waals surface area contributed by atoms with Gasteiger partial charge in [-0.1, -0.05) is 60.1 Å². The summed E-state index contributed by atoms with van der Waals surface area (Å²) in [6.45, 7) is 4.22. The SMILES string of the molecule is Cc1nn(-c2ccccc2)c(Oc2ccccc2Cl)c1CN(CC(O)COc1ccccc1)CC1CC1. The predicted molar refractivity (Wildman–Crippen MR) is 146 cm³/mol. The van der Waals surface area contributed by atoms with Crippen LogP contribution in [0.25, 0.3) is 5.69 Å². The van der Waals surface area contributed by atoms with E-state index in [0.717, 1.165) is 29.2 Å². The highest BCUT2D eigenvalue weighted by Crippen LogP contribution is 2.36. The second kappa shape index (κ2) is 11.8. The van der Waals surface area contributed by atoms with Crippen LogP contribution in [0.2, 0.25) is 5.02 Å². The first kappa shape index (κ1) is 25.3. The van der Waals surface area contributed by atoms with Gasteiger partial charge in [-0.05, 0) is 62.1 Å². The van der Waals surface area contributed by atoms with Crippen LogP contribution < -0.4 is 9.47 Å². The first-order valence-corrected chi connectivity index (χ1v) is 13.1. The maximum Gasteiger partial charge on any atom is 0.227 e. The average molecular weight is 518 g/mol. The third-order valence-corrected chi connectivity index (χ3v) is 6.74. The number of benzene rings is 3. The summed E-state index contributed by atoms with van der Waals surface area (Å²) in [5, 5.41) is 16.2. The molecule has 0 saturated heterocycles. The number of para-hydroxylation sites is 3. The minimum Gasteiger partial charge on any atom is -0.491 e. The van der Waals surface area contributed by atoms with Crippen LogP contribution in [0.4, 0.5) is 0 Å². The number of rotatable bonds is 12. The topological polar surface area (TPSA) is 59.8 Å². The van der Waals surface area contributed by atoms with Crippen molar-refractivity contribution in [1.82, 2.24) is 14.7 Å². The van der Waals surface area contributed by atoms with Crippen molar-refractivity contribution in [2.24, 2.45) is 5.92 Å². The van der Waals surface area contributed by atoms with Crippen LogP contribution in [0.3, 0.4) is 0 Å². The molecule has 5 rings (SSSR count). The van der Waals surface area contributed by atoms with Crippen molar-refractivity contribution >= 4 is 11.6 Å². The Morgan fingerprint density at radius 3 is 2.38 bits per heavy atom. The van der Waals surface area contributed by atoms with Gasteiger partial charge in [0.05, 0.1) is 22.0 Å². The number of ether oxygens (including phenoxy) is 2. The summed E-state index contributed by atoms with van der Waals surface area (Å²) < 4.78 is 14.1. The smallest absolute Gasteiger partial charge is 0.227 e. The van der Waals surface area contributed by atoms with Gasteiger partial charge < -0.3 is 14.6 Å². The molecule has 0 bridgehead atoms. The fourth-order valence-corrected chi connectivity index (χ4v) is 4.53. The third kappa shape index (κ3) is 6.72. The summed E-state index contributed by atoms with van der Waals surface area (Å²) >= 11 is 6.46. The van der Waals surface area contributed by atoms with Gasteiger partial charge in [0, 0.05) is 19.6 Å². The lowest BCUT2D eigenvalue weighted by Crippen LogP contribution is -2.36. The van der Waals surface area contributed by atoms with Gasteiger partial charge in [0.15, 0.2) is 0 Å². The molecule has 3 aromatic carbocycles. The van der Waals surface area contributed by atoms with E-state index in [2.05, 4.69) is 4.90 Å². The minimum absolute atomic E-state index is 0.233. The summed E-state index contributed by atoms with van der Waals surface area (Å²) in [5.74, 6) is 2.62. The Morgan fingerprint density at radius 1 is 1.00 bits per heavy atom. The Balaban J connectivity index is 1.40. The largest absolute Gasteiger partial charge is 0.491 e. The van der Waals surface area contributed by atoms with Crippen LogP contribution >= 0.6 is 11.6 Å². The van der Waals surface area contributed by atoms with E-state index >= 15 is 0 Å². The van der Waals surface area contributed by atoms with Gasteiger partial charge in [0.2, 0.25) is 5.88 Å². The van der Waals surface area contributed by atoms with Crippen molar-refractivity contribution in [3.05, 3.63) is 101 Å².